The average molecular weight is 238 g/mol. The predicted molar refractivity (Wildman–Crippen MR) is 65.4 cm³/mol. The predicted octanol–water partition coefficient (Wildman–Crippen LogP) is 1.20. The summed E-state index contributed by atoms with van der Waals surface area (Å²) in [6.07, 6.45) is 0. The highest BCUT2D eigenvalue weighted by Gasteiger charge is 2.28. The summed E-state index contributed by atoms with van der Waals surface area (Å²) in [4.78, 5) is 2.24. The van der Waals surface area contributed by atoms with Gasteiger partial charge in [-0.05, 0) is 24.7 Å². The topological polar surface area (TPSA) is 38.5 Å². The van der Waals surface area contributed by atoms with Gasteiger partial charge in [0.2, 0.25) is 0 Å². The van der Waals surface area contributed by atoms with Crippen LogP contribution in [0.25, 0.3) is 0 Å². The standard InChI is InChI=1S/C13H19FN2O/c1-16-5-6-17-9-13(16)12(8-15)10-3-2-4-11(14)7-10/h2-4,7,12-13H,5-6,8-9,15H2,1H3. The maximum atomic E-state index is 13.2. The summed E-state index contributed by atoms with van der Waals surface area (Å²) in [5, 5.41) is 0. The second kappa shape index (κ2) is 5.58. The zero-order valence-electron chi connectivity index (χ0n) is 10.1. The summed E-state index contributed by atoms with van der Waals surface area (Å²) in [6, 6.07) is 6.92. The van der Waals surface area contributed by atoms with Gasteiger partial charge < -0.3 is 10.5 Å². The number of likely N-dealkylation sites (N-methyl/N-ethyl adjacent to an activating group) is 1. The summed E-state index contributed by atoms with van der Waals surface area (Å²) >= 11 is 0. The highest BCUT2D eigenvalue weighted by Crippen LogP contribution is 2.24. The molecule has 0 radical (unpaired) electrons. The molecule has 0 amide bonds. The molecule has 2 N–H and O–H groups in total. The molecule has 0 spiro atoms. The van der Waals surface area contributed by atoms with Crippen LogP contribution in [0.4, 0.5) is 4.39 Å². The lowest BCUT2D eigenvalue weighted by molar-refractivity contribution is -0.00355. The Kier molecular flexibility index (Phi) is 4.10. The molecule has 2 rings (SSSR count). The molecule has 1 aliphatic rings. The van der Waals surface area contributed by atoms with Gasteiger partial charge in [-0.3, -0.25) is 4.90 Å². The van der Waals surface area contributed by atoms with Crippen LogP contribution < -0.4 is 5.73 Å². The molecular formula is C13H19FN2O. The van der Waals surface area contributed by atoms with Crippen molar-refractivity contribution in [1.82, 2.24) is 4.90 Å². The van der Waals surface area contributed by atoms with Gasteiger partial charge in [0.05, 0.1) is 13.2 Å². The highest BCUT2D eigenvalue weighted by atomic mass is 19.1. The highest BCUT2D eigenvalue weighted by molar-refractivity contribution is 5.23. The minimum atomic E-state index is -0.208. The van der Waals surface area contributed by atoms with Crippen LogP contribution in [0.3, 0.4) is 0 Å². The zero-order valence-corrected chi connectivity index (χ0v) is 10.1. The molecule has 1 heterocycles. The Morgan fingerprint density at radius 2 is 2.41 bits per heavy atom. The van der Waals surface area contributed by atoms with E-state index in [0.29, 0.717) is 13.2 Å². The molecule has 17 heavy (non-hydrogen) atoms. The Morgan fingerprint density at radius 1 is 1.59 bits per heavy atom. The third-order valence-corrected chi connectivity index (χ3v) is 3.44. The Bertz CT molecular complexity index is 372. The van der Waals surface area contributed by atoms with Crippen molar-refractivity contribution in [2.75, 3.05) is 33.4 Å². The van der Waals surface area contributed by atoms with Crippen LogP contribution >= 0.6 is 0 Å². The average Bonchev–Trinajstić information content (AvgIpc) is 2.33. The first kappa shape index (κ1) is 12.5. The number of halogens is 1. The molecule has 1 saturated heterocycles. The fourth-order valence-corrected chi connectivity index (χ4v) is 2.38. The number of hydrogen-bond acceptors (Lipinski definition) is 3. The van der Waals surface area contributed by atoms with Crippen molar-refractivity contribution in [3.8, 4) is 0 Å². The number of morpholine rings is 1. The molecule has 3 nitrogen and oxygen atoms in total. The van der Waals surface area contributed by atoms with Crippen molar-refractivity contribution in [2.24, 2.45) is 5.73 Å². The van der Waals surface area contributed by atoms with Crippen molar-refractivity contribution >= 4 is 0 Å². The van der Waals surface area contributed by atoms with Crippen LogP contribution in [0.2, 0.25) is 0 Å². The number of hydrogen-bond donors (Lipinski definition) is 1. The van der Waals surface area contributed by atoms with Crippen LogP contribution in [-0.2, 0) is 4.74 Å². The Balaban J connectivity index is 2.20. The van der Waals surface area contributed by atoms with Crippen molar-refractivity contribution in [3.63, 3.8) is 0 Å². The maximum absolute atomic E-state index is 13.2. The number of nitrogens with zero attached hydrogens (tertiary/aromatic N) is 1. The second-order valence-corrected chi connectivity index (χ2v) is 4.52. The molecule has 4 heteroatoms. The van der Waals surface area contributed by atoms with E-state index in [4.69, 9.17) is 10.5 Å². The largest absolute Gasteiger partial charge is 0.378 e. The van der Waals surface area contributed by atoms with E-state index < -0.39 is 0 Å². The van der Waals surface area contributed by atoms with E-state index in [1.165, 1.54) is 6.07 Å². The van der Waals surface area contributed by atoms with Gasteiger partial charge in [-0.1, -0.05) is 12.1 Å². The molecule has 0 aromatic heterocycles. The molecular weight excluding hydrogens is 219 g/mol. The van der Waals surface area contributed by atoms with Crippen molar-refractivity contribution in [1.29, 1.82) is 0 Å². The fraction of sp³-hybridized carbons (Fsp3) is 0.538. The third-order valence-electron chi connectivity index (χ3n) is 3.44. The van der Waals surface area contributed by atoms with Gasteiger partial charge in [-0.25, -0.2) is 4.39 Å². The van der Waals surface area contributed by atoms with Gasteiger partial charge in [0.25, 0.3) is 0 Å². The van der Waals surface area contributed by atoms with Crippen molar-refractivity contribution in [2.45, 2.75) is 12.0 Å². The number of nitrogens with two attached hydrogens (primary N) is 1. The number of ether oxygens (including phenoxy) is 1. The lowest BCUT2D eigenvalue weighted by atomic mass is 9.90. The Labute approximate surface area is 101 Å². The summed E-state index contributed by atoms with van der Waals surface area (Å²) < 4.78 is 18.7. The maximum Gasteiger partial charge on any atom is 0.123 e. The van der Waals surface area contributed by atoms with Gasteiger partial charge in [-0.15, -0.1) is 0 Å². The van der Waals surface area contributed by atoms with Gasteiger partial charge in [-0.2, -0.15) is 0 Å². The minimum absolute atomic E-state index is 0.121. The van der Waals surface area contributed by atoms with Crippen molar-refractivity contribution in [3.05, 3.63) is 35.6 Å². The second-order valence-electron chi connectivity index (χ2n) is 4.52. The van der Waals surface area contributed by atoms with Crippen LogP contribution in [0.15, 0.2) is 24.3 Å². The number of benzene rings is 1. The zero-order chi connectivity index (χ0) is 12.3. The van der Waals surface area contributed by atoms with Crippen LogP contribution in [-0.4, -0.2) is 44.3 Å². The van der Waals surface area contributed by atoms with Gasteiger partial charge >= 0.3 is 0 Å². The number of rotatable bonds is 3. The van der Waals surface area contributed by atoms with Gasteiger partial charge in [0.1, 0.15) is 5.82 Å². The third kappa shape index (κ3) is 2.83. The summed E-state index contributed by atoms with van der Waals surface area (Å²) in [5.41, 5.74) is 6.80. The molecule has 0 aliphatic carbocycles. The molecule has 0 bridgehead atoms. The molecule has 1 aromatic rings. The van der Waals surface area contributed by atoms with Gasteiger partial charge in [0.15, 0.2) is 0 Å². The SMILES string of the molecule is CN1CCOCC1C(CN)c1cccc(F)c1. The van der Waals surface area contributed by atoms with E-state index in [1.54, 1.807) is 12.1 Å². The molecule has 2 atom stereocenters. The molecule has 0 saturated carbocycles. The Hall–Kier alpha value is -0.970. The summed E-state index contributed by atoms with van der Waals surface area (Å²) in [7, 11) is 2.06. The summed E-state index contributed by atoms with van der Waals surface area (Å²) in [5.74, 6) is -0.0867. The van der Waals surface area contributed by atoms with Gasteiger partial charge in [0, 0.05) is 25.0 Å². The molecule has 1 fully saturated rings. The first-order valence-corrected chi connectivity index (χ1v) is 5.96. The van der Waals surface area contributed by atoms with Crippen molar-refractivity contribution < 1.29 is 9.13 Å². The van der Waals surface area contributed by atoms with E-state index in [-0.39, 0.29) is 17.8 Å². The first-order valence-electron chi connectivity index (χ1n) is 5.96. The van der Waals surface area contributed by atoms with Crippen LogP contribution in [0.5, 0.6) is 0 Å². The molecule has 94 valence electrons. The Morgan fingerprint density at radius 3 is 3.06 bits per heavy atom. The normalized spacial score (nSPS) is 23.6. The van der Waals surface area contributed by atoms with Crippen LogP contribution in [0, 0.1) is 5.82 Å². The lowest BCUT2D eigenvalue weighted by Crippen LogP contribution is -2.48. The van der Waals surface area contributed by atoms with Crippen LogP contribution in [0.1, 0.15) is 11.5 Å². The van der Waals surface area contributed by atoms with E-state index in [0.717, 1.165) is 18.7 Å². The van der Waals surface area contributed by atoms with E-state index in [9.17, 15) is 4.39 Å². The monoisotopic (exact) mass is 238 g/mol. The fourth-order valence-electron chi connectivity index (χ4n) is 2.38. The molecule has 1 aliphatic heterocycles. The van der Waals surface area contributed by atoms with E-state index >= 15 is 0 Å². The molecule has 2 unspecified atom stereocenters. The smallest absolute Gasteiger partial charge is 0.123 e. The first-order chi connectivity index (χ1) is 8.22. The minimum Gasteiger partial charge on any atom is -0.378 e. The molecule has 1 aromatic carbocycles. The van der Waals surface area contributed by atoms with E-state index in [1.807, 2.05) is 6.07 Å². The quantitative estimate of drug-likeness (QED) is 0.860. The summed E-state index contributed by atoms with van der Waals surface area (Å²) in [6.45, 7) is 2.82. The van der Waals surface area contributed by atoms with E-state index in [2.05, 4.69) is 11.9 Å². The lowest BCUT2D eigenvalue weighted by Gasteiger charge is -2.37.